The SMILES string of the molecule is CCC[C@@H](C)NC(=S)Nc1cc(C(=O)OC)ccc1Cl. The summed E-state index contributed by atoms with van der Waals surface area (Å²) in [6.45, 7) is 4.18. The van der Waals surface area contributed by atoms with Gasteiger partial charge in [-0.25, -0.2) is 4.79 Å². The maximum atomic E-state index is 11.5. The normalized spacial score (nSPS) is 11.6. The zero-order valence-electron chi connectivity index (χ0n) is 11.8. The molecule has 1 rings (SSSR count). The van der Waals surface area contributed by atoms with Crippen molar-refractivity contribution in [3.63, 3.8) is 0 Å². The number of anilines is 1. The van der Waals surface area contributed by atoms with E-state index >= 15 is 0 Å². The van der Waals surface area contributed by atoms with Crippen LogP contribution in [0.1, 0.15) is 37.0 Å². The van der Waals surface area contributed by atoms with E-state index < -0.39 is 5.97 Å². The van der Waals surface area contributed by atoms with Crippen LogP contribution in [0.4, 0.5) is 5.69 Å². The molecule has 110 valence electrons. The quantitative estimate of drug-likeness (QED) is 0.642. The summed E-state index contributed by atoms with van der Waals surface area (Å²) in [6.07, 6.45) is 2.10. The number of esters is 1. The number of nitrogens with one attached hydrogen (secondary N) is 2. The van der Waals surface area contributed by atoms with E-state index in [9.17, 15) is 4.79 Å². The molecule has 0 amide bonds. The maximum absolute atomic E-state index is 11.5. The standard InChI is InChI=1S/C14H19ClN2O2S/c1-4-5-9(2)16-14(20)17-12-8-10(13(18)19-3)6-7-11(12)15/h6-9H,4-5H2,1-3H3,(H2,16,17,20)/t9-/m1/s1. The Bertz CT molecular complexity index is 494. The van der Waals surface area contributed by atoms with Gasteiger partial charge in [0.25, 0.3) is 0 Å². The average molecular weight is 315 g/mol. The smallest absolute Gasteiger partial charge is 0.337 e. The van der Waals surface area contributed by atoms with Gasteiger partial charge in [-0.3, -0.25) is 0 Å². The fourth-order valence-electron chi connectivity index (χ4n) is 1.75. The van der Waals surface area contributed by atoms with Gasteiger partial charge < -0.3 is 15.4 Å². The van der Waals surface area contributed by atoms with E-state index in [4.69, 9.17) is 23.8 Å². The van der Waals surface area contributed by atoms with Gasteiger partial charge in [0.1, 0.15) is 0 Å². The number of carbonyl (C=O) groups excluding carboxylic acids is 1. The monoisotopic (exact) mass is 314 g/mol. The van der Waals surface area contributed by atoms with Crippen LogP contribution < -0.4 is 10.6 Å². The molecule has 0 unspecified atom stereocenters. The van der Waals surface area contributed by atoms with Gasteiger partial charge in [0.15, 0.2) is 5.11 Å². The second-order valence-electron chi connectivity index (χ2n) is 4.47. The number of rotatable bonds is 5. The van der Waals surface area contributed by atoms with Crippen molar-refractivity contribution in [1.29, 1.82) is 0 Å². The molecule has 0 fully saturated rings. The van der Waals surface area contributed by atoms with Gasteiger partial charge in [-0.2, -0.15) is 0 Å². The minimum Gasteiger partial charge on any atom is -0.465 e. The Morgan fingerprint density at radius 3 is 2.80 bits per heavy atom. The van der Waals surface area contributed by atoms with Crippen molar-refractivity contribution in [2.24, 2.45) is 0 Å². The van der Waals surface area contributed by atoms with Crippen molar-refractivity contribution < 1.29 is 9.53 Å². The van der Waals surface area contributed by atoms with Gasteiger partial charge in [0.05, 0.1) is 23.4 Å². The van der Waals surface area contributed by atoms with Gasteiger partial charge in [-0.1, -0.05) is 24.9 Å². The molecule has 6 heteroatoms. The van der Waals surface area contributed by atoms with Crippen LogP contribution in [0.25, 0.3) is 0 Å². The van der Waals surface area contributed by atoms with Crippen molar-refractivity contribution in [3.8, 4) is 0 Å². The molecule has 0 spiro atoms. The number of hydrogen-bond acceptors (Lipinski definition) is 3. The lowest BCUT2D eigenvalue weighted by Gasteiger charge is -2.17. The highest BCUT2D eigenvalue weighted by Gasteiger charge is 2.10. The lowest BCUT2D eigenvalue weighted by Crippen LogP contribution is -2.35. The minimum absolute atomic E-state index is 0.280. The number of thiocarbonyl (C=S) groups is 1. The molecule has 0 bridgehead atoms. The van der Waals surface area contributed by atoms with Gasteiger partial charge >= 0.3 is 5.97 Å². The molecule has 20 heavy (non-hydrogen) atoms. The van der Waals surface area contributed by atoms with Crippen LogP contribution in [0, 0.1) is 0 Å². The van der Waals surface area contributed by atoms with Crippen molar-refractivity contribution in [2.75, 3.05) is 12.4 Å². The van der Waals surface area contributed by atoms with E-state index in [1.165, 1.54) is 7.11 Å². The summed E-state index contributed by atoms with van der Waals surface area (Å²) in [4.78, 5) is 11.5. The first-order chi connectivity index (χ1) is 9.47. The second-order valence-corrected chi connectivity index (χ2v) is 5.29. The van der Waals surface area contributed by atoms with Gasteiger partial charge in [0, 0.05) is 6.04 Å². The van der Waals surface area contributed by atoms with E-state index in [1.807, 2.05) is 0 Å². The third-order valence-electron chi connectivity index (χ3n) is 2.73. The molecule has 2 N–H and O–H groups in total. The number of benzene rings is 1. The van der Waals surface area contributed by atoms with E-state index in [0.717, 1.165) is 12.8 Å². The molecule has 1 aromatic carbocycles. The lowest BCUT2D eigenvalue weighted by atomic mass is 10.2. The summed E-state index contributed by atoms with van der Waals surface area (Å²) in [7, 11) is 1.34. The zero-order chi connectivity index (χ0) is 15.1. The largest absolute Gasteiger partial charge is 0.465 e. The Labute approximate surface area is 129 Å². The van der Waals surface area contributed by atoms with Gasteiger partial charge in [0.2, 0.25) is 0 Å². The predicted octanol–water partition coefficient (Wildman–Crippen LogP) is 3.60. The first kappa shape index (κ1) is 16.7. The molecule has 0 saturated carbocycles. The first-order valence-corrected chi connectivity index (χ1v) is 7.22. The summed E-state index contributed by atoms with van der Waals surface area (Å²) < 4.78 is 4.67. The number of methoxy groups -OCH3 is 1. The van der Waals surface area contributed by atoms with Gasteiger partial charge in [-0.15, -0.1) is 0 Å². The molecule has 0 saturated heterocycles. The molecule has 0 aliphatic heterocycles. The fraction of sp³-hybridized carbons (Fsp3) is 0.429. The topological polar surface area (TPSA) is 50.4 Å². The van der Waals surface area contributed by atoms with E-state index in [-0.39, 0.29) is 6.04 Å². The third kappa shape index (κ3) is 4.98. The Hall–Kier alpha value is -1.33. The fourth-order valence-corrected chi connectivity index (χ4v) is 2.23. The highest BCUT2D eigenvalue weighted by molar-refractivity contribution is 7.80. The first-order valence-electron chi connectivity index (χ1n) is 6.43. The van der Waals surface area contributed by atoms with Crippen LogP contribution >= 0.6 is 23.8 Å². The zero-order valence-corrected chi connectivity index (χ0v) is 13.4. The lowest BCUT2D eigenvalue weighted by molar-refractivity contribution is 0.0601. The summed E-state index contributed by atoms with van der Waals surface area (Å²) in [5.41, 5.74) is 1.000. The van der Waals surface area contributed by atoms with Crippen LogP contribution in [0.2, 0.25) is 5.02 Å². The van der Waals surface area contributed by atoms with Crippen LogP contribution in [0.5, 0.6) is 0 Å². The molecule has 0 aliphatic rings. The molecule has 0 aromatic heterocycles. The molecule has 1 aromatic rings. The summed E-state index contributed by atoms with van der Waals surface area (Å²) in [5, 5.41) is 7.14. The highest BCUT2D eigenvalue weighted by Crippen LogP contribution is 2.23. The van der Waals surface area contributed by atoms with Crippen molar-refractivity contribution in [3.05, 3.63) is 28.8 Å². The summed E-state index contributed by atoms with van der Waals surface area (Å²) in [5.74, 6) is -0.414. The van der Waals surface area contributed by atoms with Crippen molar-refractivity contribution in [1.82, 2.24) is 5.32 Å². The predicted molar refractivity (Wildman–Crippen MR) is 86.5 cm³/mol. The van der Waals surface area contributed by atoms with Crippen LogP contribution in [0.15, 0.2) is 18.2 Å². The highest BCUT2D eigenvalue weighted by atomic mass is 35.5. The Morgan fingerprint density at radius 1 is 1.50 bits per heavy atom. The van der Waals surface area contributed by atoms with Gasteiger partial charge in [-0.05, 0) is 43.8 Å². The van der Waals surface area contributed by atoms with Crippen molar-refractivity contribution >= 4 is 40.6 Å². The van der Waals surface area contributed by atoms with E-state index in [1.54, 1.807) is 18.2 Å². The maximum Gasteiger partial charge on any atom is 0.337 e. The Morgan fingerprint density at radius 2 is 2.20 bits per heavy atom. The molecule has 0 heterocycles. The molecule has 1 atom stereocenters. The molecular weight excluding hydrogens is 296 g/mol. The Kier molecular flexibility index (Phi) is 6.75. The van der Waals surface area contributed by atoms with Crippen LogP contribution in [0.3, 0.4) is 0 Å². The number of halogens is 1. The van der Waals surface area contributed by atoms with Crippen LogP contribution in [-0.2, 0) is 4.74 Å². The second kappa shape index (κ2) is 8.07. The molecule has 4 nitrogen and oxygen atoms in total. The Balaban J connectivity index is 2.76. The van der Waals surface area contributed by atoms with Crippen LogP contribution in [-0.4, -0.2) is 24.2 Å². The summed E-state index contributed by atoms with van der Waals surface area (Å²) >= 11 is 11.3. The number of carbonyl (C=O) groups is 1. The molecule has 0 aliphatic carbocycles. The third-order valence-corrected chi connectivity index (χ3v) is 3.28. The number of hydrogen-bond donors (Lipinski definition) is 2. The number of ether oxygens (including phenoxy) is 1. The summed E-state index contributed by atoms with van der Waals surface area (Å²) in [6, 6.07) is 5.14. The molecular formula is C14H19ClN2O2S. The van der Waals surface area contributed by atoms with Crippen molar-refractivity contribution in [2.45, 2.75) is 32.7 Å². The minimum atomic E-state index is -0.414. The molecule has 0 radical (unpaired) electrons. The average Bonchev–Trinajstić information content (AvgIpc) is 2.40. The van der Waals surface area contributed by atoms with E-state index in [2.05, 4.69) is 29.2 Å². The van der Waals surface area contributed by atoms with E-state index in [0.29, 0.717) is 21.4 Å².